The van der Waals surface area contributed by atoms with Gasteiger partial charge in [0, 0.05) is 19.3 Å². The fraction of sp³-hybridized carbons (Fsp3) is 1.00. The molecule has 0 aromatic carbocycles. The van der Waals surface area contributed by atoms with E-state index in [2.05, 4.69) is 26.1 Å². The van der Waals surface area contributed by atoms with Gasteiger partial charge in [-0.2, -0.15) is 0 Å². The smallest absolute Gasteiger partial charge is 0.0495 e. The highest BCUT2D eigenvalue weighted by Gasteiger charge is 2.20. The van der Waals surface area contributed by atoms with Crippen molar-refractivity contribution in [2.75, 3.05) is 19.8 Å². The van der Waals surface area contributed by atoms with Gasteiger partial charge in [0.05, 0.1) is 0 Å². The summed E-state index contributed by atoms with van der Waals surface area (Å²) < 4.78 is 5.48. The minimum absolute atomic E-state index is 0.723. The third-order valence-corrected chi connectivity index (χ3v) is 3.66. The molecule has 1 N–H and O–H groups in total. The third-order valence-electron chi connectivity index (χ3n) is 3.66. The van der Waals surface area contributed by atoms with E-state index in [0.29, 0.717) is 0 Å². The van der Waals surface area contributed by atoms with Crippen LogP contribution in [0, 0.1) is 11.8 Å². The van der Waals surface area contributed by atoms with Crippen molar-refractivity contribution in [3.8, 4) is 0 Å². The zero-order valence-electron chi connectivity index (χ0n) is 12.0. The maximum absolute atomic E-state index is 5.48. The molecule has 17 heavy (non-hydrogen) atoms. The molecule has 1 rings (SSSR count). The van der Waals surface area contributed by atoms with Gasteiger partial charge >= 0.3 is 0 Å². The Kier molecular flexibility index (Phi) is 7.87. The second-order valence-electron chi connectivity index (χ2n) is 5.94. The van der Waals surface area contributed by atoms with Crippen molar-refractivity contribution in [2.45, 2.75) is 65.3 Å². The summed E-state index contributed by atoms with van der Waals surface area (Å²) in [6.45, 7) is 10.0. The molecule has 0 radical (unpaired) electrons. The molecule has 1 fully saturated rings. The van der Waals surface area contributed by atoms with E-state index in [1.807, 2.05) is 0 Å². The van der Waals surface area contributed by atoms with Crippen LogP contribution in [0.25, 0.3) is 0 Å². The van der Waals surface area contributed by atoms with Gasteiger partial charge in [-0.05, 0) is 44.1 Å². The monoisotopic (exact) mass is 241 g/mol. The molecule has 0 aliphatic carbocycles. The van der Waals surface area contributed by atoms with Gasteiger partial charge in [-0.25, -0.2) is 0 Å². The Bertz CT molecular complexity index is 176. The normalized spacial score (nSPS) is 22.2. The first kappa shape index (κ1) is 15.0. The zero-order valence-corrected chi connectivity index (χ0v) is 12.0. The first-order chi connectivity index (χ1) is 8.22. The van der Waals surface area contributed by atoms with Gasteiger partial charge in [0.1, 0.15) is 0 Å². The Morgan fingerprint density at radius 3 is 2.71 bits per heavy atom. The third kappa shape index (κ3) is 7.05. The Morgan fingerprint density at radius 2 is 2.12 bits per heavy atom. The molecule has 1 aliphatic rings. The quantitative estimate of drug-likeness (QED) is 0.666. The molecule has 1 heterocycles. The van der Waals surface area contributed by atoms with E-state index in [-0.39, 0.29) is 0 Å². The summed E-state index contributed by atoms with van der Waals surface area (Å²) in [4.78, 5) is 0. The molecule has 2 nitrogen and oxygen atoms in total. The number of hydrogen-bond acceptors (Lipinski definition) is 2. The van der Waals surface area contributed by atoms with Crippen LogP contribution < -0.4 is 5.32 Å². The van der Waals surface area contributed by atoms with Crippen molar-refractivity contribution >= 4 is 0 Å². The second-order valence-corrected chi connectivity index (χ2v) is 5.94. The summed E-state index contributed by atoms with van der Waals surface area (Å²) in [7, 11) is 0. The van der Waals surface area contributed by atoms with Crippen LogP contribution in [-0.4, -0.2) is 25.8 Å². The van der Waals surface area contributed by atoms with Crippen molar-refractivity contribution in [1.82, 2.24) is 5.32 Å². The van der Waals surface area contributed by atoms with Crippen molar-refractivity contribution < 1.29 is 4.74 Å². The van der Waals surface area contributed by atoms with Gasteiger partial charge in [-0.1, -0.05) is 33.6 Å². The summed E-state index contributed by atoms with van der Waals surface area (Å²) in [6.07, 6.45) is 7.90. The molecular weight excluding hydrogens is 210 g/mol. The van der Waals surface area contributed by atoms with E-state index in [4.69, 9.17) is 4.74 Å². The van der Waals surface area contributed by atoms with Gasteiger partial charge in [-0.15, -0.1) is 0 Å². The number of nitrogens with one attached hydrogen (secondary N) is 1. The van der Waals surface area contributed by atoms with Crippen LogP contribution in [0.5, 0.6) is 0 Å². The highest BCUT2D eigenvalue weighted by atomic mass is 16.5. The molecule has 1 aliphatic heterocycles. The van der Waals surface area contributed by atoms with Gasteiger partial charge in [0.2, 0.25) is 0 Å². The molecule has 2 unspecified atom stereocenters. The Morgan fingerprint density at radius 1 is 1.29 bits per heavy atom. The molecule has 0 aromatic rings. The summed E-state index contributed by atoms with van der Waals surface area (Å²) >= 11 is 0. The van der Waals surface area contributed by atoms with Crippen LogP contribution in [0.4, 0.5) is 0 Å². The second kappa shape index (κ2) is 8.93. The molecule has 2 atom stereocenters. The maximum atomic E-state index is 5.48. The van der Waals surface area contributed by atoms with Crippen LogP contribution >= 0.6 is 0 Å². The maximum Gasteiger partial charge on any atom is 0.0495 e. The van der Waals surface area contributed by atoms with Crippen molar-refractivity contribution in [3.05, 3.63) is 0 Å². The Labute approximate surface area is 108 Å². The lowest BCUT2D eigenvalue weighted by Gasteiger charge is -2.21. The lowest BCUT2D eigenvalue weighted by atomic mass is 9.94. The average molecular weight is 241 g/mol. The van der Waals surface area contributed by atoms with Crippen LogP contribution in [0.2, 0.25) is 0 Å². The van der Waals surface area contributed by atoms with E-state index in [0.717, 1.165) is 31.1 Å². The van der Waals surface area contributed by atoms with E-state index < -0.39 is 0 Å². The standard InChI is InChI=1S/C15H31NO/c1-4-9-16-15(7-5-6-13(2)3)11-14-8-10-17-12-14/h13-16H,4-12H2,1-3H3. The molecule has 0 aromatic heterocycles. The van der Waals surface area contributed by atoms with Crippen molar-refractivity contribution in [2.24, 2.45) is 11.8 Å². The predicted molar refractivity (Wildman–Crippen MR) is 74.3 cm³/mol. The molecule has 0 amide bonds. The van der Waals surface area contributed by atoms with Gasteiger partial charge in [0.15, 0.2) is 0 Å². The molecule has 102 valence electrons. The highest BCUT2D eigenvalue weighted by molar-refractivity contribution is 4.74. The fourth-order valence-electron chi connectivity index (χ4n) is 2.60. The van der Waals surface area contributed by atoms with E-state index >= 15 is 0 Å². The molecule has 0 saturated carbocycles. The van der Waals surface area contributed by atoms with Crippen LogP contribution in [0.3, 0.4) is 0 Å². The molecule has 1 saturated heterocycles. The Hall–Kier alpha value is -0.0800. The topological polar surface area (TPSA) is 21.3 Å². The van der Waals surface area contributed by atoms with Crippen LogP contribution in [0.15, 0.2) is 0 Å². The molecule has 0 bridgehead atoms. The summed E-state index contributed by atoms with van der Waals surface area (Å²) in [5.41, 5.74) is 0. The van der Waals surface area contributed by atoms with Gasteiger partial charge in [0.25, 0.3) is 0 Å². The van der Waals surface area contributed by atoms with Crippen molar-refractivity contribution in [1.29, 1.82) is 0 Å². The SMILES string of the molecule is CCCNC(CCCC(C)C)CC1CCOC1. The lowest BCUT2D eigenvalue weighted by Crippen LogP contribution is -2.32. The number of hydrogen-bond donors (Lipinski definition) is 1. The van der Waals surface area contributed by atoms with Gasteiger partial charge in [-0.3, -0.25) is 0 Å². The molecular formula is C15H31NO. The van der Waals surface area contributed by atoms with E-state index in [9.17, 15) is 0 Å². The largest absolute Gasteiger partial charge is 0.381 e. The minimum atomic E-state index is 0.723. The summed E-state index contributed by atoms with van der Waals surface area (Å²) in [5, 5.41) is 3.71. The van der Waals surface area contributed by atoms with Crippen LogP contribution in [-0.2, 0) is 4.74 Å². The van der Waals surface area contributed by atoms with E-state index in [1.165, 1.54) is 45.1 Å². The average Bonchev–Trinajstić information content (AvgIpc) is 2.78. The van der Waals surface area contributed by atoms with Crippen LogP contribution in [0.1, 0.15) is 59.3 Å². The minimum Gasteiger partial charge on any atom is -0.381 e. The highest BCUT2D eigenvalue weighted by Crippen LogP contribution is 2.21. The molecule has 2 heteroatoms. The first-order valence-electron chi connectivity index (χ1n) is 7.53. The summed E-state index contributed by atoms with van der Waals surface area (Å²) in [6, 6.07) is 0.723. The summed E-state index contributed by atoms with van der Waals surface area (Å²) in [5.74, 6) is 1.65. The number of ether oxygens (including phenoxy) is 1. The number of rotatable bonds is 9. The zero-order chi connectivity index (χ0) is 12.5. The lowest BCUT2D eigenvalue weighted by molar-refractivity contribution is 0.180. The van der Waals surface area contributed by atoms with E-state index in [1.54, 1.807) is 0 Å². The Balaban J connectivity index is 2.20. The van der Waals surface area contributed by atoms with Crippen molar-refractivity contribution in [3.63, 3.8) is 0 Å². The van der Waals surface area contributed by atoms with Gasteiger partial charge < -0.3 is 10.1 Å². The fourth-order valence-corrected chi connectivity index (χ4v) is 2.60. The predicted octanol–water partition coefficient (Wildman–Crippen LogP) is 3.61. The molecule has 0 spiro atoms. The first-order valence-corrected chi connectivity index (χ1v) is 7.53.